The SMILES string of the molecule is Cc1c(Cl)ccnc1NNC(=O)CC1CC1. The standard InChI is InChI=1S/C11H14ClN3O/c1-7-9(12)4-5-13-11(7)15-14-10(16)6-8-2-3-8/h4-5,8H,2-3,6H2,1H3,(H,13,15)(H,14,16). The molecule has 0 saturated heterocycles. The van der Waals surface area contributed by atoms with Crippen LogP contribution >= 0.6 is 11.6 Å². The van der Waals surface area contributed by atoms with E-state index in [1.54, 1.807) is 12.3 Å². The largest absolute Gasteiger partial charge is 0.282 e. The number of rotatable bonds is 4. The van der Waals surface area contributed by atoms with Gasteiger partial charge in [0.25, 0.3) is 0 Å². The summed E-state index contributed by atoms with van der Waals surface area (Å²) < 4.78 is 0. The second-order valence-corrected chi connectivity index (χ2v) is 4.49. The lowest BCUT2D eigenvalue weighted by Gasteiger charge is -2.10. The molecule has 0 aromatic carbocycles. The lowest BCUT2D eigenvalue weighted by molar-refractivity contribution is -0.120. The van der Waals surface area contributed by atoms with E-state index in [0.717, 1.165) is 5.56 Å². The van der Waals surface area contributed by atoms with Gasteiger partial charge in [-0.1, -0.05) is 11.6 Å². The van der Waals surface area contributed by atoms with Crippen molar-refractivity contribution in [2.24, 2.45) is 5.92 Å². The Kier molecular flexibility index (Phi) is 3.29. The Morgan fingerprint density at radius 1 is 1.62 bits per heavy atom. The molecule has 86 valence electrons. The lowest BCUT2D eigenvalue weighted by Crippen LogP contribution is -2.30. The molecule has 1 aromatic rings. The van der Waals surface area contributed by atoms with Gasteiger partial charge in [0.1, 0.15) is 5.82 Å². The first-order valence-corrected chi connectivity index (χ1v) is 5.70. The predicted molar refractivity (Wildman–Crippen MR) is 63.1 cm³/mol. The molecule has 1 aromatic heterocycles. The fraction of sp³-hybridized carbons (Fsp3) is 0.455. The number of nitrogens with one attached hydrogen (secondary N) is 2. The van der Waals surface area contributed by atoms with Crippen molar-refractivity contribution < 1.29 is 4.79 Å². The van der Waals surface area contributed by atoms with Crippen molar-refractivity contribution in [1.82, 2.24) is 10.4 Å². The molecule has 1 aliphatic rings. The molecule has 1 saturated carbocycles. The van der Waals surface area contributed by atoms with E-state index in [9.17, 15) is 4.79 Å². The monoisotopic (exact) mass is 239 g/mol. The van der Waals surface area contributed by atoms with Crippen LogP contribution in [0.1, 0.15) is 24.8 Å². The topological polar surface area (TPSA) is 54.0 Å². The number of carbonyl (C=O) groups excluding carboxylic acids is 1. The summed E-state index contributed by atoms with van der Waals surface area (Å²) >= 11 is 5.93. The molecular formula is C11H14ClN3O. The molecule has 0 spiro atoms. The van der Waals surface area contributed by atoms with Crippen molar-refractivity contribution in [3.05, 3.63) is 22.8 Å². The Labute approximate surface area is 99.4 Å². The second kappa shape index (κ2) is 4.70. The third kappa shape index (κ3) is 2.85. The molecule has 0 radical (unpaired) electrons. The van der Waals surface area contributed by atoms with Crippen LogP contribution in [-0.4, -0.2) is 10.9 Å². The molecule has 0 unspecified atom stereocenters. The fourth-order valence-corrected chi connectivity index (χ4v) is 1.55. The quantitative estimate of drug-likeness (QED) is 0.793. The van der Waals surface area contributed by atoms with E-state index < -0.39 is 0 Å². The summed E-state index contributed by atoms with van der Waals surface area (Å²) in [5.41, 5.74) is 6.25. The van der Waals surface area contributed by atoms with Gasteiger partial charge in [-0.25, -0.2) is 4.98 Å². The molecule has 1 aliphatic carbocycles. The van der Waals surface area contributed by atoms with Gasteiger partial charge >= 0.3 is 0 Å². The Bertz CT molecular complexity index is 404. The van der Waals surface area contributed by atoms with Gasteiger partial charge < -0.3 is 0 Å². The van der Waals surface area contributed by atoms with Crippen LogP contribution in [0.15, 0.2) is 12.3 Å². The first-order valence-electron chi connectivity index (χ1n) is 5.33. The van der Waals surface area contributed by atoms with Gasteiger partial charge in [0.15, 0.2) is 0 Å². The number of hydrogen-bond donors (Lipinski definition) is 2. The number of nitrogens with zero attached hydrogens (tertiary/aromatic N) is 1. The zero-order chi connectivity index (χ0) is 11.5. The average molecular weight is 240 g/mol. The maximum absolute atomic E-state index is 11.4. The summed E-state index contributed by atoms with van der Waals surface area (Å²) in [6.07, 6.45) is 4.53. The minimum absolute atomic E-state index is 0.00340. The molecule has 16 heavy (non-hydrogen) atoms. The molecule has 0 bridgehead atoms. The van der Waals surface area contributed by atoms with E-state index in [1.807, 2.05) is 6.92 Å². The lowest BCUT2D eigenvalue weighted by atomic mass is 10.3. The van der Waals surface area contributed by atoms with Crippen molar-refractivity contribution in [3.8, 4) is 0 Å². The molecule has 4 nitrogen and oxygen atoms in total. The van der Waals surface area contributed by atoms with E-state index in [-0.39, 0.29) is 5.91 Å². The number of hydrogen-bond acceptors (Lipinski definition) is 3. The number of halogens is 1. The number of aromatic nitrogens is 1. The zero-order valence-electron chi connectivity index (χ0n) is 9.09. The zero-order valence-corrected chi connectivity index (χ0v) is 9.84. The first-order chi connectivity index (χ1) is 7.66. The maximum atomic E-state index is 11.4. The fourth-order valence-electron chi connectivity index (χ4n) is 1.40. The average Bonchev–Trinajstić information content (AvgIpc) is 3.04. The van der Waals surface area contributed by atoms with Crippen LogP contribution in [0.2, 0.25) is 5.02 Å². The van der Waals surface area contributed by atoms with Crippen LogP contribution in [0.5, 0.6) is 0 Å². The van der Waals surface area contributed by atoms with Crippen LogP contribution in [0.25, 0.3) is 0 Å². The molecule has 1 fully saturated rings. The predicted octanol–water partition coefficient (Wildman–Crippen LogP) is 2.29. The van der Waals surface area contributed by atoms with Crippen LogP contribution in [0.4, 0.5) is 5.82 Å². The molecule has 1 amide bonds. The van der Waals surface area contributed by atoms with Gasteiger partial charge in [0.05, 0.1) is 0 Å². The molecule has 2 rings (SSSR count). The van der Waals surface area contributed by atoms with Crippen LogP contribution < -0.4 is 10.9 Å². The summed E-state index contributed by atoms with van der Waals surface area (Å²) in [4.78, 5) is 15.5. The minimum atomic E-state index is 0.00340. The van der Waals surface area contributed by atoms with Crippen molar-refractivity contribution in [1.29, 1.82) is 0 Å². The Hall–Kier alpha value is -1.29. The smallest absolute Gasteiger partial charge is 0.238 e. The third-order valence-electron chi connectivity index (χ3n) is 2.63. The van der Waals surface area contributed by atoms with Gasteiger partial charge in [-0.05, 0) is 31.7 Å². The molecular weight excluding hydrogens is 226 g/mol. The van der Waals surface area contributed by atoms with Crippen molar-refractivity contribution >= 4 is 23.3 Å². The van der Waals surface area contributed by atoms with Crippen LogP contribution in [-0.2, 0) is 4.79 Å². The van der Waals surface area contributed by atoms with Gasteiger partial charge in [-0.2, -0.15) is 0 Å². The summed E-state index contributed by atoms with van der Waals surface area (Å²) in [6, 6.07) is 1.72. The highest BCUT2D eigenvalue weighted by Gasteiger charge is 2.24. The second-order valence-electron chi connectivity index (χ2n) is 4.09. The first kappa shape index (κ1) is 11.2. The molecule has 0 atom stereocenters. The summed E-state index contributed by atoms with van der Waals surface area (Å²) in [5.74, 6) is 1.18. The maximum Gasteiger partial charge on any atom is 0.238 e. The van der Waals surface area contributed by atoms with E-state index in [0.29, 0.717) is 23.2 Å². The van der Waals surface area contributed by atoms with Gasteiger partial charge in [0, 0.05) is 23.2 Å². The number of carbonyl (C=O) groups is 1. The highest BCUT2D eigenvalue weighted by molar-refractivity contribution is 6.31. The minimum Gasteiger partial charge on any atom is -0.282 e. The highest BCUT2D eigenvalue weighted by atomic mass is 35.5. The Balaban J connectivity index is 1.88. The molecule has 2 N–H and O–H groups in total. The highest BCUT2D eigenvalue weighted by Crippen LogP contribution is 2.32. The van der Waals surface area contributed by atoms with Gasteiger partial charge in [-0.3, -0.25) is 15.6 Å². The number of pyridine rings is 1. The van der Waals surface area contributed by atoms with Crippen molar-refractivity contribution in [2.75, 3.05) is 5.43 Å². The Morgan fingerprint density at radius 2 is 2.38 bits per heavy atom. The van der Waals surface area contributed by atoms with Crippen LogP contribution in [0, 0.1) is 12.8 Å². The van der Waals surface area contributed by atoms with Gasteiger partial charge in [0.2, 0.25) is 5.91 Å². The van der Waals surface area contributed by atoms with E-state index in [1.165, 1.54) is 12.8 Å². The van der Waals surface area contributed by atoms with Gasteiger partial charge in [-0.15, -0.1) is 0 Å². The number of amides is 1. The number of hydrazine groups is 1. The number of anilines is 1. The normalized spacial score (nSPS) is 14.6. The Morgan fingerprint density at radius 3 is 3.06 bits per heavy atom. The summed E-state index contributed by atoms with van der Waals surface area (Å²) in [7, 11) is 0. The molecule has 1 heterocycles. The van der Waals surface area contributed by atoms with E-state index in [2.05, 4.69) is 15.8 Å². The van der Waals surface area contributed by atoms with E-state index in [4.69, 9.17) is 11.6 Å². The molecule has 0 aliphatic heterocycles. The summed E-state index contributed by atoms with van der Waals surface area (Å²) in [6.45, 7) is 1.85. The molecule has 5 heteroatoms. The van der Waals surface area contributed by atoms with Crippen LogP contribution in [0.3, 0.4) is 0 Å². The van der Waals surface area contributed by atoms with E-state index >= 15 is 0 Å². The third-order valence-corrected chi connectivity index (χ3v) is 3.04. The van der Waals surface area contributed by atoms with Crippen molar-refractivity contribution in [3.63, 3.8) is 0 Å². The van der Waals surface area contributed by atoms with Crippen molar-refractivity contribution in [2.45, 2.75) is 26.2 Å². The summed E-state index contributed by atoms with van der Waals surface area (Å²) in [5, 5.41) is 0.633.